The van der Waals surface area contributed by atoms with Crippen LogP contribution in [0.5, 0.6) is 11.5 Å². The molecule has 0 bridgehead atoms. The van der Waals surface area contributed by atoms with Crippen molar-refractivity contribution in [2.75, 3.05) is 19.0 Å². The van der Waals surface area contributed by atoms with Gasteiger partial charge < -0.3 is 14.8 Å². The summed E-state index contributed by atoms with van der Waals surface area (Å²) in [7, 11) is 1.47. The molecule has 0 spiro atoms. The number of halogens is 1. The fourth-order valence-electron chi connectivity index (χ4n) is 2.01. The first-order valence-corrected chi connectivity index (χ1v) is 7.98. The Bertz CT molecular complexity index is 752. The van der Waals surface area contributed by atoms with Gasteiger partial charge in [-0.15, -0.1) is 0 Å². The van der Waals surface area contributed by atoms with Crippen molar-refractivity contribution in [1.29, 1.82) is 5.26 Å². The Morgan fingerprint density at radius 3 is 2.57 bits per heavy atom. The van der Waals surface area contributed by atoms with Gasteiger partial charge >= 0.3 is 0 Å². The highest BCUT2D eigenvalue weighted by molar-refractivity contribution is 14.1. The molecular formula is C17H15IN2O3. The summed E-state index contributed by atoms with van der Waals surface area (Å²) in [5, 5.41) is 11.9. The number of methoxy groups -OCH3 is 1. The molecule has 0 saturated carbocycles. The van der Waals surface area contributed by atoms with Crippen LogP contribution in [0.2, 0.25) is 0 Å². The molecule has 0 aliphatic heterocycles. The average Bonchev–Trinajstić information content (AvgIpc) is 2.57. The van der Waals surface area contributed by atoms with Gasteiger partial charge in [0, 0.05) is 15.3 Å². The summed E-state index contributed by atoms with van der Waals surface area (Å²) >= 11 is 2.19. The molecule has 5 nitrogen and oxygen atoms in total. The number of amides is 1. The third-order valence-corrected chi connectivity index (χ3v) is 3.76. The van der Waals surface area contributed by atoms with Gasteiger partial charge in [0.25, 0.3) is 5.91 Å². The van der Waals surface area contributed by atoms with Crippen LogP contribution in [0.4, 0.5) is 5.69 Å². The number of nitrogens with zero attached hydrogens (tertiary/aromatic N) is 1. The topological polar surface area (TPSA) is 71.3 Å². The molecule has 0 heterocycles. The van der Waals surface area contributed by atoms with Gasteiger partial charge in [-0.3, -0.25) is 4.79 Å². The molecule has 1 amide bonds. The Labute approximate surface area is 148 Å². The van der Waals surface area contributed by atoms with E-state index >= 15 is 0 Å². The van der Waals surface area contributed by atoms with Crippen molar-refractivity contribution in [1.82, 2.24) is 0 Å². The molecule has 0 unspecified atom stereocenters. The molecule has 2 rings (SSSR count). The monoisotopic (exact) mass is 422 g/mol. The molecular weight excluding hydrogens is 407 g/mol. The van der Waals surface area contributed by atoms with E-state index in [1.807, 2.05) is 37.3 Å². The fraction of sp³-hybridized carbons (Fsp3) is 0.176. The Kier molecular flexibility index (Phi) is 5.82. The molecule has 6 heteroatoms. The van der Waals surface area contributed by atoms with Crippen LogP contribution in [-0.4, -0.2) is 19.6 Å². The van der Waals surface area contributed by atoms with Crippen molar-refractivity contribution in [2.24, 2.45) is 0 Å². The molecule has 118 valence electrons. The molecule has 0 radical (unpaired) electrons. The van der Waals surface area contributed by atoms with Crippen LogP contribution in [0, 0.1) is 14.9 Å². The van der Waals surface area contributed by atoms with Gasteiger partial charge in [-0.2, -0.15) is 5.26 Å². The van der Waals surface area contributed by atoms with Crippen LogP contribution in [0.25, 0.3) is 0 Å². The molecule has 0 aromatic heterocycles. The van der Waals surface area contributed by atoms with Crippen LogP contribution in [0.15, 0.2) is 36.4 Å². The zero-order valence-electron chi connectivity index (χ0n) is 12.7. The lowest BCUT2D eigenvalue weighted by atomic mass is 10.1. The van der Waals surface area contributed by atoms with E-state index in [0.29, 0.717) is 29.4 Å². The molecule has 2 aromatic carbocycles. The molecule has 0 saturated heterocycles. The number of hydrogen-bond acceptors (Lipinski definition) is 4. The highest BCUT2D eigenvalue weighted by Gasteiger charge is 2.19. The predicted molar refractivity (Wildman–Crippen MR) is 96.0 cm³/mol. The van der Waals surface area contributed by atoms with Crippen LogP contribution < -0.4 is 14.8 Å². The van der Waals surface area contributed by atoms with Crippen LogP contribution in [0.1, 0.15) is 22.8 Å². The SMILES string of the molecule is CCOc1c(OC)cc(C#N)cc1C(=O)Nc1ccc(I)cc1. The summed E-state index contributed by atoms with van der Waals surface area (Å²) < 4.78 is 11.9. The normalized spacial score (nSPS) is 9.83. The maximum atomic E-state index is 12.6. The molecule has 0 fully saturated rings. The summed E-state index contributed by atoms with van der Waals surface area (Å²) in [6.45, 7) is 2.20. The maximum absolute atomic E-state index is 12.6. The molecule has 0 atom stereocenters. The van der Waals surface area contributed by atoms with Gasteiger partial charge in [0.2, 0.25) is 0 Å². The third-order valence-electron chi connectivity index (χ3n) is 3.04. The standard InChI is InChI=1S/C17H15IN2O3/c1-3-23-16-14(8-11(10-19)9-15(16)22-2)17(21)20-13-6-4-12(18)5-7-13/h4-9H,3H2,1-2H3,(H,20,21). The van der Waals surface area contributed by atoms with Gasteiger partial charge in [0.05, 0.1) is 30.9 Å². The first-order chi connectivity index (χ1) is 11.1. The van der Waals surface area contributed by atoms with E-state index in [4.69, 9.17) is 14.7 Å². The summed E-state index contributed by atoms with van der Waals surface area (Å²) in [6.07, 6.45) is 0. The van der Waals surface area contributed by atoms with E-state index in [0.717, 1.165) is 3.57 Å². The lowest BCUT2D eigenvalue weighted by Crippen LogP contribution is -2.14. The first kappa shape index (κ1) is 17.1. The molecule has 0 aliphatic carbocycles. The summed E-state index contributed by atoms with van der Waals surface area (Å²) in [4.78, 5) is 12.6. The fourth-order valence-corrected chi connectivity index (χ4v) is 2.37. The lowest BCUT2D eigenvalue weighted by molar-refractivity contribution is 0.102. The molecule has 0 aliphatic rings. The van der Waals surface area contributed by atoms with E-state index in [1.165, 1.54) is 13.2 Å². The lowest BCUT2D eigenvalue weighted by Gasteiger charge is -2.14. The van der Waals surface area contributed by atoms with Gasteiger partial charge in [-0.25, -0.2) is 0 Å². The van der Waals surface area contributed by atoms with Crippen molar-refractivity contribution in [3.8, 4) is 17.6 Å². The Balaban J connectivity index is 2.41. The Hall–Kier alpha value is -2.27. The predicted octanol–water partition coefficient (Wildman–Crippen LogP) is 3.82. The minimum atomic E-state index is -0.356. The third kappa shape index (κ3) is 4.13. The molecule has 23 heavy (non-hydrogen) atoms. The number of rotatable bonds is 5. The number of nitriles is 1. The summed E-state index contributed by atoms with van der Waals surface area (Å²) in [5.74, 6) is 0.334. The van der Waals surface area contributed by atoms with Crippen molar-refractivity contribution in [3.63, 3.8) is 0 Å². The van der Waals surface area contributed by atoms with Crippen LogP contribution in [0.3, 0.4) is 0 Å². The van der Waals surface area contributed by atoms with Gasteiger partial charge in [0.15, 0.2) is 11.5 Å². The quantitative estimate of drug-likeness (QED) is 0.744. The van der Waals surface area contributed by atoms with Gasteiger partial charge in [-0.05, 0) is 59.8 Å². The number of nitrogens with one attached hydrogen (secondary N) is 1. The number of carbonyl (C=O) groups is 1. The molecule has 2 aromatic rings. The van der Waals surface area contributed by atoms with E-state index in [1.54, 1.807) is 6.07 Å². The number of benzene rings is 2. The van der Waals surface area contributed by atoms with Crippen LogP contribution >= 0.6 is 22.6 Å². The minimum Gasteiger partial charge on any atom is -0.493 e. The van der Waals surface area contributed by atoms with Crippen molar-refractivity contribution in [3.05, 3.63) is 51.1 Å². The Morgan fingerprint density at radius 2 is 2.00 bits per heavy atom. The van der Waals surface area contributed by atoms with Crippen molar-refractivity contribution < 1.29 is 14.3 Å². The highest BCUT2D eigenvalue weighted by atomic mass is 127. The van der Waals surface area contributed by atoms with Gasteiger partial charge in [-0.1, -0.05) is 0 Å². The zero-order chi connectivity index (χ0) is 16.8. The minimum absolute atomic E-state index is 0.265. The highest BCUT2D eigenvalue weighted by Crippen LogP contribution is 2.33. The van der Waals surface area contributed by atoms with E-state index < -0.39 is 0 Å². The second kappa shape index (κ2) is 7.83. The van der Waals surface area contributed by atoms with Gasteiger partial charge in [0.1, 0.15) is 0 Å². The smallest absolute Gasteiger partial charge is 0.259 e. The van der Waals surface area contributed by atoms with E-state index in [9.17, 15) is 4.79 Å². The number of carbonyl (C=O) groups excluding carboxylic acids is 1. The second-order valence-electron chi connectivity index (χ2n) is 4.56. The van der Waals surface area contributed by atoms with E-state index in [-0.39, 0.29) is 11.5 Å². The number of hydrogen-bond donors (Lipinski definition) is 1. The second-order valence-corrected chi connectivity index (χ2v) is 5.81. The average molecular weight is 422 g/mol. The first-order valence-electron chi connectivity index (χ1n) is 6.91. The summed E-state index contributed by atoms with van der Waals surface area (Å²) in [5.41, 5.74) is 1.26. The van der Waals surface area contributed by atoms with E-state index in [2.05, 4.69) is 27.9 Å². The number of ether oxygens (including phenoxy) is 2. The van der Waals surface area contributed by atoms with Crippen LogP contribution in [-0.2, 0) is 0 Å². The maximum Gasteiger partial charge on any atom is 0.259 e. The van der Waals surface area contributed by atoms with Crippen molar-refractivity contribution >= 4 is 34.2 Å². The van der Waals surface area contributed by atoms with Crippen molar-refractivity contribution in [2.45, 2.75) is 6.92 Å². The largest absolute Gasteiger partial charge is 0.493 e. The number of anilines is 1. The summed E-state index contributed by atoms with van der Waals surface area (Å²) in [6, 6.07) is 12.5. The Morgan fingerprint density at radius 1 is 1.30 bits per heavy atom. The zero-order valence-corrected chi connectivity index (χ0v) is 14.9. The molecule has 1 N–H and O–H groups in total.